The predicted molar refractivity (Wildman–Crippen MR) is 95.5 cm³/mol. The van der Waals surface area contributed by atoms with Crippen LogP contribution in [0.2, 0.25) is 0 Å². The van der Waals surface area contributed by atoms with Crippen LogP contribution in [0.3, 0.4) is 0 Å². The van der Waals surface area contributed by atoms with Gasteiger partial charge in [0.05, 0.1) is 22.3 Å². The zero-order valence-corrected chi connectivity index (χ0v) is 14.6. The van der Waals surface area contributed by atoms with Crippen molar-refractivity contribution in [1.29, 1.82) is 0 Å². The summed E-state index contributed by atoms with van der Waals surface area (Å²) in [5.41, 5.74) is 2.97. The van der Waals surface area contributed by atoms with Crippen LogP contribution >= 0.6 is 0 Å². The number of hydrogen-bond acceptors (Lipinski definition) is 4. The van der Waals surface area contributed by atoms with E-state index in [2.05, 4.69) is 0 Å². The Balaban J connectivity index is 0.000000161. The third-order valence-corrected chi connectivity index (χ3v) is 4.99. The van der Waals surface area contributed by atoms with E-state index in [1.165, 1.54) is 12.1 Å². The van der Waals surface area contributed by atoms with Crippen molar-refractivity contribution < 1.29 is 39.6 Å². The maximum absolute atomic E-state index is 10.9. The van der Waals surface area contributed by atoms with Crippen LogP contribution in [0, 0.1) is 0 Å². The summed E-state index contributed by atoms with van der Waals surface area (Å²) in [7, 11) is 0. The minimum atomic E-state index is -1.18. The molecule has 0 saturated carbocycles. The van der Waals surface area contributed by atoms with E-state index in [-0.39, 0.29) is 22.3 Å². The van der Waals surface area contributed by atoms with Crippen LogP contribution in [-0.4, -0.2) is 44.3 Å². The highest BCUT2D eigenvalue weighted by Crippen LogP contribution is 2.29. The molecule has 0 unspecified atom stereocenters. The number of carbonyl (C=O) groups is 4. The van der Waals surface area contributed by atoms with Gasteiger partial charge < -0.3 is 20.4 Å². The molecule has 0 spiro atoms. The third-order valence-electron chi connectivity index (χ3n) is 4.99. The molecule has 2 aliphatic carbocycles. The van der Waals surface area contributed by atoms with Crippen molar-refractivity contribution in [2.75, 3.05) is 0 Å². The number of carboxylic acid groups (broad SMARTS) is 4. The highest BCUT2D eigenvalue weighted by Gasteiger charge is 2.27. The summed E-state index contributed by atoms with van der Waals surface area (Å²) in [5, 5.41) is 35.4. The van der Waals surface area contributed by atoms with Crippen LogP contribution in [0.15, 0.2) is 24.3 Å². The molecule has 2 aromatic rings. The van der Waals surface area contributed by atoms with Gasteiger partial charge in [0.15, 0.2) is 0 Å². The summed E-state index contributed by atoms with van der Waals surface area (Å²) in [4.78, 5) is 43.3. The average molecular weight is 384 g/mol. The molecule has 144 valence electrons. The molecule has 0 fully saturated rings. The molecular formula is C20H16O8. The summed E-state index contributed by atoms with van der Waals surface area (Å²) in [5.74, 6) is -4.43. The Kier molecular flexibility index (Phi) is 4.87. The molecule has 4 N–H and O–H groups in total. The number of benzene rings is 2. The summed E-state index contributed by atoms with van der Waals surface area (Å²) in [6, 6.07) is 6.12. The first-order valence-electron chi connectivity index (χ1n) is 8.45. The van der Waals surface area contributed by atoms with Crippen molar-refractivity contribution in [1.82, 2.24) is 0 Å². The lowest BCUT2D eigenvalue weighted by atomic mass is 9.82. The highest BCUT2D eigenvalue weighted by atomic mass is 16.4. The fraction of sp³-hybridized carbons (Fsp3) is 0.200. The molecule has 2 bridgehead atoms. The zero-order chi connectivity index (χ0) is 20.6. The Morgan fingerprint density at radius 3 is 1.54 bits per heavy atom. The van der Waals surface area contributed by atoms with Gasteiger partial charge in [-0.05, 0) is 60.1 Å². The van der Waals surface area contributed by atoms with Gasteiger partial charge in [0.25, 0.3) is 0 Å². The number of carboxylic acids is 4. The first-order valence-corrected chi connectivity index (χ1v) is 8.45. The fourth-order valence-corrected chi connectivity index (χ4v) is 3.61. The quantitative estimate of drug-likeness (QED) is 0.627. The first kappa shape index (κ1) is 19.1. The molecule has 0 radical (unpaired) electrons. The standard InChI is InChI=1S/2C10H8O4/c11-9(12)7-4-2-5-1-3-6(7)8(5)10(13)14;11-9(12)7-4-2-5-1-3-6(5)8(7)10(13)14/h2*2,4H,1,3H2,(H,11,12)(H,13,14). The van der Waals surface area contributed by atoms with Gasteiger partial charge in [-0.3, -0.25) is 0 Å². The number of rotatable bonds is 4. The van der Waals surface area contributed by atoms with Gasteiger partial charge >= 0.3 is 23.9 Å². The molecule has 0 amide bonds. The van der Waals surface area contributed by atoms with Gasteiger partial charge in [0, 0.05) is 0 Å². The normalized spacial score (nSPS) is 12.9. The maximum Gasteiger partial charge on any atom is 0.336 e. The summed E-state index contributed by atoms with van der Waals surface area (Å²) in [6.45, 7) is 0. The van der Waals surface area contributed by atoms with Crippen LogP contribution in [0.1, 0.15) is 63.7 Å². The second kappa shape index (κ2) is 7.15. The lowest BCUT2D eigenvalue weighted by Crippen LogP contribution is -2.19. The highest BCUT2D eigenvalue weighted by molar-refractivity contribution is 6.03. The second-order valence-electron chi connectivity index (χ2n) is 6.47. The van der Waals surface area contributed by atoms with E-state index in [1.54, 1.807) is 12.1 Å². The predicted octanol–water partition coefficient (Wildman–Crippen LogP) is 2.36. The molecule has 0 heterocycles. The number of fused-ring (bicyclic) bond motifs is 3. The van der Waals surface area contributed by atoms with E-state index in [9.17, 15) is 19.2 Å². The van der Waals surface area contributed by atoms with Crippen molar-refractivity contribution in [2.24, 2.45) is 0 Å². The molecule has 0 aromatic heterocycles. The van der Waals surface area contributed by atoms with Gasteiger partial charge in [-0.1, -0.05) is 12.1 Å². The molecule has 8 heteroatoms. The van der Waals surface area contributed by atoms with E-state index < -0.39 is 23.9 Å². The SMILES string of the molecule is O=C(O)c1ccc2c(C(=O)O)c1CC2.O=C(O)c1ccc2c(c1C(=O)O)CC2. The topological polar surface area (TPSA) is 149 Å². The van der Waals surface area contributed by atoms with Gasteiger partial charge in [0.2, 0.25) is 0 Å². The zero-order valence-electron chi connectivity index (χ0n) is 14.6. The molecule has 2 aromatic carbocycles. The first-order chi connectivity index (χ1) is 13.2. The molecule has 4 rings (SSSR count). The van der Waals surface area contributed by atoms with Crippen molar-refractivity contribution in [3.63, 3.8) is 0 Å². The number of aromatic carboxylic acids is 4. The summed E-state index contributed by atoms with van der Waals surface area (Å²) in [6.07, 6.45) is 2.66. The molecular weight excluding hydrogens is 368 g/mol. The van der Waals surface area contributed by atoms with Crippen molar-refractivity contribution in [2.45, 2.75) is 25.7 Å². The lowest BCUT2D eigenvalue weighted by Gasteiger charge is -2.21. The monoisotopic (exact) mass is 384 g/mol. The van der Waals surface area contributed by atoms with Crippen LogP contribution < -0.4 is 0 Å². The van der Waals surface area contributed by atoms with Crippen molar-refractivity contribution >= 4 is 23.9 Å². The van der Waals surface area contributed by atoms with Gasteiger partial charge in [0.1, 0.15) is 0 Å². The summed E-state index contributed by atoms with van der Waals surface area (Å²) >= 11 is 0. The van der Waals surface area contributed by atoms with Gasteiger partial charge in [-0.2, -0.15) is 0 Å². The van der Waals surface area contributed by atoms with Crippen LogP contribution in [0.4, 0.5) is 0 Å². The molecule has 0 saturated heterocycles. The molecule has 28 heavy (non-hydrogen) atoms. The second-order valence-corrected chi connectivity index (χ2v) is 6.47. The van der Waals surface area contributed by atoms with Crippen molar-refractivity contribution in [3.05, 3.63) is 68.8 Å². The van der Waals surface area contributed by atoms with Crippen molar-refractivity contribution in [3.8, 4) is 0 Å². The van der Waals surface area contributed by atoms with Crippen LogP contribution in [-0.2, 0) is 25.7 Å². The Morgan fingerprint density at radius 2 is 1.04 bits per heavy atom. The Hall–Kier alpha value is -3.68. The van der Waals surface area contributed by atoms with Gasteiger partial charge in [-0.15, -0.1) is 0 Å². The van der Waals surface area contributed by atoms with Gasteiger partial charge in [-0.25, -0.2) is 19.2 Å². The molecule has 0 aliphatic heterocycles. The average Bonchev–Trinajstić information content (AvgIpc) is 2.88. The minimum Gasteiger partial charge on any atom is -0.478 e. The van der Waals surface area contributed by atoms with Crippen LogP contribution in [0.5, 0.6) is 0 Å². The van der Waals surface area contributed by atoms with E-state index in [0.717, 1.165) is 17.5 Å². The number of hydrogen-bond donors (Lipinski definition) is 4. The largest absolute Gasteiger partial charge is 0.478 e. The minimum absolute atomic E-state index is 0.0405. The lowest BCUT2D eigenvalue weighted by molar-refractivity contribution is 0.0650. The Bertz CT molecular complexity index is 1030. The molecule has 8 nitrogen and oxygen atoms in total. The Labute approximate surface area is 158 Å². The smallest absolute Gasteiger partial charge is 0.336 e. The van der Waals surface area contributed by atoms with E-state index in [1.807, 2.05) is 0 Å². The Morgan fingerprint density at radius 1 is 0.536 bits per heavy atom. The van der Waals surface area contributed by atoms with E-state index in [4.69, 9.17) is 20.4 Å². The maximum atomic E-state index is 10.9. The van der Waals surface area contributed by atoms with Crippen LogP contribution in [0.25, 0.3) is 0 Å². The molecule has 0 atom stereocenters. The third kappa shape index (κ3) is 3.20. The molecule has 2 aliphatic rings. The fourth-order valence-electron chi connectivity index (χ4n) is 3.61. The van der Waals surface area contributed by atoms with E-state index >= 15 is 0 Å². The van der Waals surface area contributed by atoms with E-state index in [0.29, 0.717) is 30.4 Å². The number of aryl methyl sites for hydroxylation is 2. The summed E-state index contributed by atoms with van der Waals surface area (Å²) < 4.78 is 0.